The molecule has 1 N–H and O–H groups in total. The van der Waals surface area contributed by atoms with Crippen LogP contribution in [0.2, 0.25) is 0 Å². The Bertz CT molecular complexity index is 882. The van der Waals surface area contributed by atoms with Gasteiger partial charge in [0.2, 0.25) is 5.91 Å². The van der Waals surface area contributed by atoms with Crippen LogP contribution in [0.3, 0.4) is 0 Å². The SMILES string of the molecule is CNc1nc([C@H]2CCCN2C(=O)CCc2ccc(OC)cc2)nc2c1CN(C)CC2. The van der Waals surface area contributed by atoms with E-state index in [9.17, 15) is 4.79 Å². The number of benzene rings is 1. The Morgan fingerprint density at radius 2 is 2.03 bits per heavy atom. The number of rotatable bonds is 6. The van der Waals surface area contributed by atoms with Crippen LogP contribution in [0.15, 0.2) is 24.3 Å². The van der Waals surface area contributed by atoms with Crippen molar-refractivity contribution < 1.29 is 9.53 Å². The van der Waals surface area contributed by atoms with E-state index in [0.29, 0.717) is 6.42 Å². The Labute approximate surface area is 178 Å². The molecule has 1 amide bonds. The molecule has 0 saturated carbocycles. The lowest BCUT2D eigenvalue weighted by Crippen LogP contribution is -2.33. The zero-order chi connectivity index (χ0) is 21.1. The van der Waals surface area contributed by atoms with Crippen LogP contribution in [-0.4, -0.2) is 60.0 Å². The van der Waals surface area contributed by atoms with Crippen LogP contribution in [0.1, 0.15) is 47.9 Å². The molecule has 160 valence electrons. The standard InChI is InChI=1S/C23H31N5O2/c1-24-22-18-15-27(2)14-12-19(18)25-23(26-22)20-5-4-13-28(20)21(29)11-8-16-6-9-17(30-3)10-7-16/h6-7,9-10,20H,4-5,8,11-15H2,1-3H3,(H,24,25,26)/t20-/m1/s1. The Morgan fingerprint density at radius 3 is 2.77 bits per heavy atom. The van der Waals surface area contributed by atoms with Crippen molar-refractivity contribution in [2.75, 3.05) is 39.6 Å². The van der Waals surface area contributed by atoms with Gasteiger partial charge in [-0.2, -0.15) is 0 Å². The molecule has 3 heterocycles. The quantitative estimate of drug-likeness (QED) is 0.791. The van der Waals surface area contributed by atoms with Crippen LogP contribution in [0.5, 0.6) is 5.75 Å². The van der Waals surface area contributed by atoms with Crippen molar-refractivity contribution in [1.29, 1.82) is 0 Å². The first-order valence-corrected chi connectivity index (χ1v) is 10.8. The van der Waals surface area contributed by atoms with Gasteiger partial charge in [0.25, 0.3) is 0 Å². The normalized spacial score (nSPS) is 18.9. The molecule has 0 bridgehead atoms. The second kappa shape index (κ2) is 9.00. The number of likely N-dealkylation sites (tertiary alicyclic amines) is 1. The van der Waals surface area contributed by atoms with Gasteiger partial charge < -0.3 is 19.9 Å². The lowest BCUT2D eigenvalue weighted by Gasteiger charge is -2.29. The van der Waals surface area contributed by atoms with Crippen LogP contribution in [0.25, 0.3) is 0 Å². The number of nitrogens with one attached hydrogen (secondary N) is 1. The summed E-state index contributed by atoms with van der Waals surface area (Å²) in [7, 11) is 5.69. The molecule has 0 spiro atoms. The summed E-state index contributed by atoms with van der Waals surface area (Å²) in [5, 5.41) is 3.25. The molecular weight excluding hydrogens is 378 g/mol. The highest BCUT2D eigenvalue weighted by Gasteiger charge is 2.33. The summed E-state index contributed by atoms with van der Waals surface area (Å²) >= 11 is 0. The second-order valence-electron chi connectivity index (χ2n) is 8.19. The maximum absolute atomic E-state index is 13.0. The first-order valence-electron chi connectivity index (χ1n) is 10.8. The molecule has 1 aromatic carbocycles. The molecule has 1 saturated heterocycles. The number of hydrogen-bond donors (Lipinski definition) is 1. The third-order valence-electron chi connectivity index (χ3n) is 6.16. The Hall–Kier alpha value is -2.67. The molecule has 0 unspecified atom stereocenters. The van der Waals surface area contributed by atoms with Gasteiger partial charge in [0.1, 0.15) is 11.6 Å². The highest BCUT2D eigenvalue weighted by atomic mass is 16.5. The average Bonchev–Trinajstić information content (AvgIpc) is 3.27. The van der Waals surface area contributed by atoms with Gasteiger partial charge in [-0.3, -0.25) is 4.79 Å². The minimum absolute atomic E-state index is 0.0228. The van der Waals surface area contributed by atoms with E-state index < -0.39 is 0 Å². The number of carbonyl (C=O) groups is 1. The Balaban J connectivity index is 1.48. The zero-order valence-corrected chi connectivity index (χ0v) is 18.1. The first kappa shape index (κ1) is 20.6. The van der Waals surface area contributed by atoms with Gasteiger partial charge in [-0.1, -0.05) is 12.1 Å². The number of ether oxygens (including phenoxy) is 1. The number of anilines is 1. The summed E-state index contributed by atoms with van der Waals surface area (Å²) in [5.41, 5.74) is 3.46. The zero-order valence-electron chi connectivity index (χ0n) is 18.1. The number of likely N-dealkylation sites (N-methyl/N-ethyl adjacent to an activating group) is 1. The van der Waals surface area contributed by atoms with E-state index in [4.69, 9.17) is 14.7 Å². The smallest absolute Gasteiger partial charge is 0.223 e. The molecule has 7 nitrogen and oxygen atoms in total. The average molecular weight is 410 g/mol. The number of carbonyl (C=O) groups excluding carboxylic acids is 1. The minimum atomic E-state index is -0.0228. The summed E-state index contributed by atoms with van der Waals surface area (Å²) in [5.74, 6) is 2.71. The maximum atomic E-state index is 13.0. The fraction of sp³-hybridized carbons (Fsp3) is 0.522. The summed E-state index contributed by atoms with van der Waals surface area (Å²) in [6.07, 6.45) is 4.07. The maximum Gasteiger partial charge on any atom is 0.223 e. The van der Waals surface area contributed by atoms with E-state index in [-0.39, 0.29) is 11.9 Å². The molecule has 4 rings (SSSR count). The minimum Gasteiger partial charge on any atom is -0.497 e. The fourth-order valence-corrected chi connectivity index (χ4v) is 4.44. The molecule has 2 aromatic rings. The molecule has 2 aliphatic heterocycles. The third-order valence-corrected chi connectivity index (χ3v) is 6.16. The van der Waals surface area contributed by atoms with Gasteiger partial charge in [-0.25, -0.2) is 9.97 Å². The van der Waals surface area contributed by atoms with Crippen molar-refractivity contribution in [2.24, 2.45) is 0 Å². The molecule has 0 aliphatic carbocycles. The van der Waals surface area contributed by atoms with Crippen molar-refractivity contribution in [3.8, 4) is 5.75 Å². The van der Waals surface area contributed by atoms with Crippen molar-refractivity contribution in [3.05, 3.63) is 46.9 Å². The van der Waals surface area contributed by atoms with Gasteiger partial charge in [0.15, 0.2) is 5.82 Å². The summed E-state index contributed by atoms with van der Waals surface area (Å²) in [4.78, 5) is 27.1. The second-order valence-corrected chi connectivity index (χ2v) is 8.19. The molecule has 2 aliphatic rings. The number of methoxy groups -OCH3 is 1. The van der Waals surface area contributed by atoms with E-state index in [0.717, 1.165) is 74.0 Å². The molecule has 30 heavy (non-hydrogen) atoms. The molecule has 1 aromatic heterocycles. The van der Waals surface area contributed by atoms with Crippen molar-refractivity contribution >= 4 is 11.7 Å². The van der Waals surface area contributed by atoms with E-state index in [1.54, 1.807) is 7.11 Å². The van der Waals surface area contributed by atoms with Crippen LogP contribution in [0, 0.1) is 0 Å². The molecule has 1 atom stereocenters. The number of aromatic nitrogens is 2. The molecule has 1 fully saturated rings. The Morgan fingerprint density at radius 1 is 1.23 bits per heavy atom. The van der Waals surface area contributed by atoms with E-state index >= 15 is 0 Å². The molecule has 0 radical (unpaired) electrons. The predicted octanol–water partition coefficient (Wildman–Crippen LogP) is 2.81. The number of aryl methyl sites for hydroxylation is 1. The number of fused-ring (bicyclic) bond motifs is 1. The number of hydrogen-bond acceptors (Lipinski definition) is 6. The van der Waals surface area contributed by atoms with Crippen LogP contribution < -0.4 is 10.1 Å². The topological polar surface area (TPSA) is 70.6 Å². The summed E-state index contributed by atoms with van der Waals surface area (Å²) < 4.78 is 5.21. The lowest BCUT2D eigenvalue weighted by atomic mass is 10.1. The first-order chi connectivity index (χ1) is 14.6. The van der Waals surface area contributed by atoms with Gasteiger partial charge in [-0.15, -0.1) is 0 Å². The van der Waals surface area contributed by atoms with Crippen molar-refractivity contribution in [1.82, 2.24) is 19.8 Å². The van der Waals surface area contributed by atoms with Gasteiger partial charge in [0.05, 0.1) is 18.8 Å². The third kappa shape index (κ3) is 4.26. The van der Waals surface area contributed by atoms with Gasteiger partial charge in [-0.05, 0) is 44.0 Å². The van der Waals surface area contributed by atoms with Crippen molar-refractivity contribution in [2.45, 2.75) is 44.7 Å². The monoisotopic (exact) mass is 409 g/mol. The molecular formula is C23H31N5O2. The largest absolute Gasteiger partial charge is 0.497 e. The highest BCUT2D eigenvalue weighted by Crippen LogP contribution is 2.33. The van der Waals surface area contributed by atoms with Crippen LogP contribution in [-0.2, 0) is 24.2 Å². The van der Waals surface area contributed by atoms with E-state index in [1.807, 2.05) is 36.2 Å². The fourth-order valence-electron chi connectivity index (χ4n) is 4.44. The summed E-state index contributed by atoms with van der Waals surface area (Å²) in [6.45, 7) is 2.65. The predicted molar refractivity (Wildman–Crippen MR) is 117 cm³/mol. The van der Waals surface area contributed by atoms with Gasteiger partial charge >= 0.3 is 0 Å². The number of nitrogens with zero attached hydrogens (tertiary/aromatic N) is 4. The highest BCUT2D eigenvalue weighted by molar-refractivity contribution is 5.77. The van der Waals surface area contributed by atoms with Crippen LogP contribution >= 0.6 is 0 Å². The molecule has 7 heteroatoms. The van der Waals surface area contributed by atoms with Crippen molar-refractivity contribution in [3.63, 3.8) is 0 Å². The lowest BCUT2D eigenvalue weighted by molar-refractivity contribution is -0.132. The summed E-state index contributed by atoms with van der Waals surface area (Å²) in [6, 6.07) is 7.91. The Kier molecular flexibility index (Phi) is 6.18. The van der Waals surface area contributed by atoms with E-state index in [2.05, 4.69) is 17.3 Å². The van der Waals surface area contributed by atoms with Crippen LogP contribution in [0.4, 0.5) is 5.82 Å². The van der Waals surface area contributed by atoms with Gasteiger partial charge in [0, 0.05) is 45.1 Å². The number of amides is 1. The van der Waals surface area contributed by atoms with E-state index in [1.165, 1.54) is 5.56 Å².